The predicted molar refractivity (Wildman–Crippen MR) is 107 cm³/mol. The fraction of sp³-hybridized carbons (Fsp3) is 0.611. The second-order valence-electron chi connectivity index (χ2n) is 8.18. The molecule has 1 aliphatic rings. The monoisotopic (exact) mass is 412 g/mol. The van der Waals surface area contributed by atoms with Crippen molar-refractivity contribution in [3.8, 4) is 11.5 Å². The lowest BCUT2D eigenvalue weighted by atomic mass is 10.1. The number of aromatic nitrogens is 1. The minimum Gasteiger partial charge on any atom is -0.396 e. The molecule has 1 aliphatic carbocycles. The van der Waals surface area contributed by atoms with Crippen LogP contribution in [0.25, 0.3) is 0 Å². The molecule has 4 N–H and O–H groups in total. The van der Waals surface area contributed by atoms with Crippen LogP contribution in [0.15, 0.2) is 11.1 Å². The molecule has 2 rings (SSSR count). The molecule has 0 saturated heterocycles. The van der Waals surface area contributed by atoms with E-state index in [9.17, 15) is 23.7 Å². The lowest BCUT2D eigenvalue weighted by Gasteiger charge is -2.20. The van der Waals surface area contributed by atoms with Gasteiger partial charge in [-0.1, -0.05) is 25.6 Å². The zero-order chi connectivity index (χ0) is 20.6. The molecule has 1 fully saturated rings. The van der Waals surface area contributed by atoms with Crippen molar-refractivity contribution < 1.29 is 23.7 Å². The van der Waals surface area contributed by atoms with Crippen LogP contribution in [0.4, 0.5) is 5.82 Å². The SMILES string of the molecule is Cc1cc(S(C)(=O)=O)nc(NC2CC(CO)[C@@H](O)[C@H]2O)c1C#C[Si](C)(C)C. The van der Waals surface area contributed by atoms with E-state index in [1.54, 1.807) is 6.92 Å². The van der Waals surface area contributed by atoms with E-state index < -0.39 is 42.1 Å². The highest BCUT2D eigenvalue weighted by Gasteiger charge is 2.41. The van der Waals surface area contributed by atoms with Crippen LogP contribution in [0.5, 0.6) is 0 Å². The summed E-state index contributed by atoms with van der Waals surface area (Å²) in [4.78, 5) is 4.24. The molecule has 0 amide bonds. The summed E-state index contributed by atoms with van der Waals surface area (Å²) >= 11 is 0. The van der Waals surface area contributed by atoms with Gasteiger partial charge in [-0.25, -0.2) is 13.4 Å². The minimum absolute atomic E-state index is 0.0761. The first-order chi connectivity index (χ1) is 12.3. The Kier molecular flexibility index (Phi) is 6.39. The van der Waals surface area contributed by atoms with Gasteiger partial charge in [0.05, 0.1) is 17.7 Å². The van der Waals surface area contributed by atoms with Crippen molar-refractivity contribution in [3.05, 3.63) is 17.2 Å². The summed E-state index contributed by atoms with van der Waals surface area (Å²) in [5.41, 5.74) is 4.50. The fourth-order valence-corrected chi connectivity index (χ4v) is 4.12. The maximum absolute atomic E-state index is 12.0. The Morgan fingerprint density at radius 3 is 2.41 bits per heavy atom. The van der Waals surface area contributed by atoms with Crippen LogP contribution in [0.2, 0.25) is 19.6 Å². The van der Waals surface area contributed by atoms with E-state index in [1.807, 2.05) is 0 Å². The van der Waals surface area contributed by atoms with Crippen molar-refractivity contribution in [3.63, 3.8) is 0 Å². The van der Waals surface area contributed by atoms with Gasteiger partial charge in [-0.15, -0.1) is 5.54 Å². The first-order valence-corrected chi connectivity index (χ1v) is 14.2. The quantitative estimate of drug-likeness (QED) is 0.421. The second-order valence-corrected chi connectivity index (χ2v) is 14.9. The lowest BCUT2D eigenvalue weighted by Crippen LogP contribution is -2.36. The van der Waals surface area contributed by atoms with Crippen molar-refractivity contribution in [1.29, 1.82) is 0 Å². The Morgan fingerprint density at radius 1 is 1.30 bits per heavy atom. The summed E-state index contributed by atoms with van der Waals surface area (Å²) in [6, 6.07) is 0.928. The highest BCUT2D eigenvalue weighted by atomic mass is 32.2. The normalized spacial score (nSPS) is 25.8. The number of rotatable bonds is 4. The van der Waals surface area contributed by atoms with Crippen LogP contribution >= 0.6 is 0 Å². The molecule has 0 aliphatic heterocycles. The number of aliphatic hydroxyl groups excluding tert-OH is 3. The molecular formula is C18H28N2O5SSi. The van der Waals surface area contributed by atoms with Crippen molar-refractivity contribution in [1.82, 2.24) is 4.98 Å². The van der Waals surface area contributed by atoms with E-state index in [1.165, 1.54) is 6.07 Å². The van der Waals surface area contributed by atoms with Gasteiger partial charge < -0.3 is 20.6 Å². The van der Waals surface area contributed by atoms with Gasteiger partial charge in [-0.2, -0.15) is 0 Å². The molecule has 1 heterocycles. The number of aryl methyl sites for hydroxylation is 1. The largest absolute Gasteiger partial charge is 0.396 e. The Bertz CT molecular complexity index is 870. The van der Waals surface area contributed by atoms with E-state index in [0.29, 0.717) is 17.5 Å². The maximum Gasteiger partial charge on any atom is 0.192 e. The fourth-order valence-electron chi connectivity index (χ4n) is 2.97. The summed E-state index contributed by atoms with van der Waals surface area (Å²) < 4.78 is 24.0. The number of hydrogen-bond acceptors (Lipinski definition) is 7. The molecule has 7 nitrogen and oxygen atoms in total. The van der Waals surface area contributed by atoms with Crippen molar-refractivity contribution in [2.75, 3.05) is 18.2 Å². The summed E-state index contributed by atoms with van der Waals surface area (Å²) in [6.45, 7) is 7.83. The van der Waals surface area contributed by atoms with Gasteiger partial charge in [0, 0.05) is 18.8 Å². The van der Waals surface area contributed by atoms with Crippen molar-refractivity contribution in [2.24, 2.45) is 5.92 Å². The molecule has 0 aromatic carbocycles. The van der Waals surface area contributed by atoms with E-state index in [2.05, 4.69) is 41.4 Å². The van der Waals surface area contributed by atoms with E-state index in [0.717, 1.165) is 6.26 Å². The molecule has 27 heavy (non-hydrogen) atoms. The first kappa shape index (κ1) is 21.9. The molecule has 9 heteroatoms. The summed E-state index contributed by atoms with van der Waals surface area (Å²) in [5.74, 6) is 2.95. The predicted octanol–water partition coefficient (Wildman–Crippen LogP) is 0.537. The smallest absolute Gasteiger partial charge is 0.192 e. The van der Waals surface area contributed by atoms with Gasteiger partial charge in [0.1, 0.15) is 20.0 Å². The lowest BCUT2D eigenvalue weighted by molar-refractivity contribution is 0.00445. The van der Waals surface area contributed by atoms with Gasteiger partial charge in [0.15, 0.2) is 14.9 Å². The number of nitrogens with zero attached hydrogens (tertiary/aromatic N) is 1. The van der Waals surface area contributed by atoms with Crippen LogP contribution < -0.4 is 5.32 Å². The summed E-state index contributed by atoms with van der Waals surface area (Å²) in [7, 11) is -5.20. The average Bonchev–Trinajstić information content (AvgIpc) is 2.80. The van der Waals surface area contributed by atoms with Gasteiger partial charge in [-0.3, -0.25) is 0 Å². The number of anilines is 1. The highest BCUT2D eigenvalue weighted by molar-refractivity contribution is 7.90. The van der Waals surface area contributed by atoms with Gasteiger partial charge in [0.2, 0.25) is 0 Å². The number of aliphatic hydroxyl groups is 3. The van der Waals surface area contributed by atoms with Gasteiger partial charge >= 0.3 is 0 Å². The summed E-state index contributed by atoms with van der Waals surface area (Å²) in [5, 5.41) is 32.6. The van der Waals surface area contributed by atoms with Crippen LogP contribution in [0.3, 0.4) is 0 Å². The Balaban J connectivity index is 2.51. The molecule has 4 atom stereocenters. The molecule has 1 saturated carbocycles. The molecule has 0 bridgehead atoms. The van der Waals surface area contributed by atoms with Crippen molar-refractivity contribution in [2.45, 2.75) is 56.3 Å². The standard InChI is InChI=1S/C18H28N2O5SSi/c1-11-8-15(26(2,24)25)20-18(13(11)6-7-27(3,4)5)19-14-9-12(10-21)16(22)17(14)23/h8,12,14,16-17,21-23H,9-10H2,1-5H3,(H,19,20)/t12?,14?,16-,17+/m1/s1. The maximum atomic E-state index is 12.0. The molecule has 150 valence electrons. The molecular weight excluding hydrogens is 384 g/mol. The van der Waals surface area contributed by atoms with Gasteiger partial charge in [0.25, 0.3) is 0 Å². The van der Waals surface area contributed by atoms with Crippen LogP contribution in [-0.2, 0) is 9.84 Å². The van der Waals surface area contributed by atoms with Gasteiger partial charge in [-0.05, 0) is 25.0 Å². The Labute approximate surface area is 161 Å². The third kappa shape index (κ3) is 5.30. The zero-order valence-corrected chi connectivity index (χ0v) is 18.1. The third-order valence-corrected chi connectivity index (χ3v) is 6.34. The topological polar surface area (TPSA) is 120 Å². The molecule has 1 aromatic heterocycles. The second kappa shape index (κ2) is 7.89. The van der Waals surface area contributed by atoms with Crippen LogP contribution in [0.1, 0.15) is 17.5 Å². The first-order valence-electron chi connectivity index (χ1n) is 8.82. The van der Waals surface area contributed by atoms with Crippen LogP contribution in [-0.4, -0.2) is 67.9 Å². The summed E-state index contributed by atoms with van der Waals surface area (Å²) in [6.07, 6.45) is -0.724. The van der Waals surface area contributed by atoms with E-state index in [-0.39, 0.29) is 17.5 Å². The molecule has 0 radical (unpaired) electrons. The number of pyridine rings is 1. The molecule has 1 aromatic rings. The van der Waals surface area contributed by atoms with Crippen LogP contribution in [0, 0.1) is 24.3 Å². The number of sulfone groups is 1. The van der Waals surface area contributed by atoms with E-state index in [4.69, 9.17) is 0 Å². The van der Waals surface area contributed by atoms with E-state index >= 15 is 0 Å². The Hall–Kier alpha value is -1.44. The Morgan fingerprint density at radius 2 is 1.93 bits per heavy atom. The average molecular weight is 413 g/mol. The third-order valence-electron chi connectivity index (χ3n) is 4.49. The molecule has 2 unspecified atom stereocenters. The zero-order valence-electron chi connectivity index (χ0n) is 16.3. The number of hydrogen-bond donors (Lipinski definition) is 4. The number of nitrogens with one attached hydrogen (secondary N) is 1. The highest BCUT2D eigenvalue weighted by Crippen LogP contribution is 2.30. The van der Waals surface area contributed by atoms with Crippen molar-refractivity contribution >= 4 is 23.7 Å². The minimum atomic E-state index is -3.52. The molecule has 0 spiro atoms.